The fourth-order valence-corrected chi connectivity index (χ4v) is 0.302. The summed E-state index contributed by atoms with van der Waals surface area (Å²) in [6.07, 6.45) is 1.29. The molecule has 5 heteroatoms. The molecule has 0 bridgehead atoms. The van der Waals surface area contributed by atoms with Gasteiger partial charge in [0.15, 0.2) is 0 Å². The molecule has 1 rings (SSSR count). The Bertz CT molecular complexity index is 161. The van der Waals surface area contributed by atoms with Crippen molar-refractivity contribution in [2.45, 2.75) is 0 Å². The van der Waals surface area contributed by atoms with Gasteiger partial charge in [0, 0.05) is 12.3 Å². The summed E-state index contributed by atoms with van der Waals surface area (Å²) in [5.41, 5.74) is 0. The van der Waals surface area contributed by atoms with E-state index in [4.69, 9.17) is 18.1 Å². The highest BCUT2D eigenvalue weighted by Gasteiger charge is 1.79. The highest BCUT2D eigenvalue weighted by molar-refractivity contribution is 7.22. The number of rotatable bonds is 0. The second-order valence-corrected chi connectivity index (χ2v) is 3.81. The molecule has 0 saturated carbocycles. The van der Waals surface area contributed by atoms with Crippen LogP contribution in [0.5, 0.6) is 0 Å². The number of pyridine rings is 1. The van der Waals surface area contributed by atoms with E-state index in [0.29, 0.717) is 0 Å². The van der Waals surface area contributed by atoms with Crippen molar-refractivity contribution in [2.24, 2.45) is 0 Å². The Morgan fingerprint density at radius 3 is 2.40 bits per heavy atom. The van der Waals surface area contributed by atoms with Crippen LogP contribution >= 0.6 is 18.1 Å². The van der Waals surface area contributed by atoms with E-state index in [-0.39, 0.29) is 0 Å². The van der Waals surface area contributed by atoms with E-state index in [9.17, 15) is 4.39 Å². The van der Waals surface area contributed by atoms with Crippen LogP contribution in [-0.4, -0.2) is 23.1 Å². The van der Waals surface area contributed by atoms with Crippen LogP contribution in [0.4, 0.5) is 4.39 Å². The summed E-state index contributed by atoms with van der Waals surface area (Å²) in [7, 11) is 9.81. The molecule has 1 aromatic rings. The molecule has 10 heavy (non-hydrogen) atoms. The minimum atomic E-state index is -0.639. The molecule has 0 aliphatic rings. The quantitative estimate of drug-likeness (QED) is 0.451. The maximum absolute atomic E-state index is 11.8. The normalized spacial score (nSPS) is 7.10. The molecule has 1 radical (unpaired) electrons. The van der Waals surface area contributed by atoms with Crippen LogP contribution < -0.4 is 0 Å². The summed E-state index contributed by atoms with van der Waals surface area (Å²) in [6.45, 7) is 0. The van der Waals surface area contributed by atoms with E-state index < -0.39 is 24.1 Å². The van der Waals surface area contributed by atoms with Crippen molar-refractivity contribution in [3.8, 4) is 0 Å². The van der Waals surface area contributed by atoms with Gasteiger partial charge in [0.1, 0.15) is 0 Å². The van der Waals surface area contributed by atoms with E-state index in [2.05, 4.69) is 11.1 Å². The summed E-state index contributed by atoms with van der Waals surface area (Å²) in [4.78, 5) is 3.26. The standard InChI is InChI=1S/C5H3FN.2ClH.Mg/c6-5-3-1-2-4-7-5;;;/h1,3-4H;2*1H;/q;;;+2/p-2. The molecule has 0 unspecified atom stereocenters. The van der Waals surface area contributed by atoms with Crippen molar-refractivity contribution in [1.29, 1.82) is 0 Å². The van der Waals surface area contributed by atoms with Gasteiger partial charge in [-0.25, -0.2) is 4.98 Å². The average molecular weight is 191 g/mol. The monoisotopic (exact) mass is 190 g/mol. The zero-order valence-corrected chi connectivity index (χ0v) is 7.95. The summed E-state index contributed by atoms with van der Waals surface area (Å²) in [5, 5.41) is 0. The molecule has 1 heterocycles. The number of hydrogen-bond acceptors (Lipinski definition) is 1. The summed E-state index contributed by atoms with van der Waals surface area (Å²) in [5.74, 6) is -0.459. The fourth-order valence-electron chi connectivity index (χ4n) is 0.302. The van der Waals surface area contributed by atoms with Crippen LogP contribution in [0.3, 0.4) is 0 Å². The van der Waals surface area contributed by atoms with Crippen molar-refractivity contribution in [3.63, 3.8) is 0 Å². The van der Waals surface area contributed by atoms with Gasteiger partial charge in [-0.2, -0.15) is 4.39 Å². The Labute approximate surface area is 75.8 Å². The Hall–Kier alpha value is 0.426. The lowest BCUT2D eigenvalue weighted by molar-refractivity contribution is 0.583. The van der Waals surface area contributed by atoms with Gasteiger partial charge in [0.25, 0.3) is 0 Å². The van der Waals surface area contributed by atoms with Crippen molar-refractivity contribution in [2.75, 3.05) is 0 Å². The van der Waals surface area contributed by atoms with E-state index in [1.165, 1.54) is 18.3 Å². The molecular weight excluding hydrogens is 188 g/mol. The third-order valence-corrected chi connectivity index (χ3v) is 0.580. The highest BCUT2D eigenvalue weighted by atomic mass is 35.6. The van der Waals surface area contributed by atoms with Gasteiger partial charge in [-0.3, -0.25) is 0 Å². The molecule has 0 N–H and O–H groups in total. The number of aromatic nitrogens is 1. The number of nitrogens with zero attached hydrogens (tertiary/aromatic N) is 1. The number of hydrogen-bond donors (Lipinski definition) is 0. The summed E-state index contributed by atoms with van der Waals surface area (Å²) >= 11 is -0.639. The van der Waals surface area contributed by atoms with Crippen LogP contribution in [0.2, 0.25) is 0 Å². The third kappa shape index (κ3) is 6.54. The third-order valence-electron chi connectivity index (χ3n) is 0.580. The van der Waals surface area contributed by atoms with Crippen LogP contribution in [0.1, 0.15) is 0 Å². The maximum Gasteiger partial charge on any atom is 0.618 e. The fraction of sp³-hybridized carbons (Fsp3) is 0. The lowest BCUT2D eigenvalue weighted by Crippen LogP contribution is -1.74. The smallest absolute Gasteiger partial charge is 0.309 e. The van der Waals surface area contributed by atoms with E-state index in [1.807, 2.05) is 0 Å². The van der Waals surface area contributed by atoms with Crippen LogP contribution in [0, 0.1) is 12.0 Å². The first-order chi connectivity index (χ1) is 4.81. The van der Waals surface area contributed by atoms with Gasteiger partial charge < -0.3 is 18.1 Å². The highest BCUT2D eigenvalue weighted by Crippen LogP contribution is 1.85. The van der Waals surface area contributed by atoms with Crippen molar-refractivity contribution in [1.82, 2.24) is 4.98 Å². The molecule has 1 nitrogen and oxygen atoms in total. The van der Waals surface area contributed by atoms with Gasteiger partial charge in [-0.15, -0.1) is 0 Å². The largest absolute Gasteiger partial charge is 0.618 e. The Morgan fingerprint density at radius 1 is 1.60 bits per heavy atom. The lowest BCUT2D eigenvalue weighted by atomic mass is 10.5. The Balaban J connectivity index is 0.000000236. The van der Waals surface area contributed by atoms with Crippen LogP contribution in [-0.2, 0) is 0 Å². The van der Waals surface area contributed by atoms with Gasteiger partial charge in [-0.1, -0.05) is 0 Å². The van der Waals surface area contributed by atoms with Gasteiger partial charge in [-0.05, 0) is 12.1 Å². The second kappa shape index (κ2) is 7.53. The van der Waals surface area contributed by atoms with Crippen molar-refractivity contribution < 1.29 is 4.39 Å². The Kier molecular flexibility index (Phi) is 7.85. The molecular formula is C5H3Cl2FMgN. The SMILES string of the molecule is Fc1cc[c]cn1.[Cl][Mg][Cl]. The molecule has 0 aromatic carbocycles. The zero-order valence-electron chi connectivity index (χ0n) is 5.02. The molecule has 0 aliphatic heterocycles. The minimum Gasteiger partial charge on any atom is -0.309 e. The van der Waals surface area contributed by atoms with Crippen molar-refractivity contribution >= 4 is 36.3 Å². The number of halogens is 3. The lowest BCUT2D eigenvalue weighted by Gasteiger charge is -1.77. The molecule has 0 fully saturated rings. The van der Waals surface area contributed by atoms with Crippen LogP contribution in [0.25, 0.3) is 0 Å². The molecule has 1 aromatic heterocycles. The van der Waals surface area contributed by atoms with Gasteiger partial charge in [0.2, 0.25) is 5.95 Å². The summed E-state index contributed by atoms with van der Waals surface area (Å²) in [6, 6.07) is 5.31. The predicted octanol–water partition coefficient (Wildman–Crippen LogP) is 2.02. The van der Waals surface area contributed by atoms with E-state index >= 15 is 0 Å². The molecule has 0 amide bonds. The first-order valence-corrected chi connectivity index (χ1v) is 6.68. The second-order valence-electron chi connectivity index (χ2n) is 1.18. The molecule has 0 atom stereocenters. The van der Waals surface area contributed by atoms with Gasteiger partial charge >= 0.3 is 18.2 Å². The average Bonchev–Trinajstić information content (AvgIpc) is 1.91. The first kappa shape index (κ1) is 10.4. The van der Waals surface area contributed by atoms with E-state index in [0.717, 1.165) is 0 Å². The zero-order chi connectivity index (χ0) is 7.82. The molecule has 51 valence electrons. The first-order valence-electron chi connectivity index (χ1n) is 2.40. The molecule has 0 spiro atoms. The van der Waals surface area contributed by atoms with E-state index in [1.54, 1.807) is 0 Å². The van der Waals surface area contributed by atoms with Crippen LogP contribution in [0.15, 0.2) is 18.3 Å². The molecule has 0 saturated heterocycles. The van der Waals surface area contributed by atoms with Gasteiger partial charge in [0.05, 0.1) is 0 Å². The van der Waals surface area contributed by atoms with Crippen molar-refractivity contribution in [3.05, 3.63) is 30.3 Å². The Morgan fingerprint density at radius 2 is 2.20 bits per heavy atom. The minimum absolute atomic E-state index is 0.459. The maximum atomic E-state index is 11.8. The topological polar surface area (TPSA) is 12.9 Å². The summed E-state index contributed by atoms with van der Waals surface area (Å²) < 4.78 is 11.8. The predicted molar refractivity (Wildman–Crippen MR) is 40.5 cm³/mol. The molecule has 0 aliphatic carbocycles.